The SMILES string of the molecule is CCc1ccc(N(C(=O)CNC(=O)c2ccco2)[C@@H](C(=O)NC(C)(C)C)c2ccncc2)cc1. The molecule has 0 radical (unpaired) electrons. The molecule has 178 valence electrons. The van der Waals surface area contributed by atoms with Crippen LogP contribution in [0.25, 0.3) is 0 Å². The molecule has 2 aromatic heterocycles. The van der Waals surface area contributed by atoms with Gasteiger partial charge in [-0.25, -0.2) is 0 Å². The summed E-state index contributed by atoms with van der Waals surface area (Å²) in [4.78, 5) is 44.9. The van der Waals surface area contributed by atoms with Crippen LogP contribution in [0.15, 0.2) is 71.6 Å². The molecule has 0 saturated carbocycles. The van der Waals surface area contributed by atoms with Crippen LogP contribution >= 0.6 is 0 Å². The summed E-state index contributed by atoms with van der Waals surface area (Å²) < 4.78 is 5.10. The molecule has 1 atom stereocenters. The minimum absolute atomic E-state index is 0.0998. The van der Waals surface area contributed by atoms with Gasteiger partial charge >= 0.3 is 0 Å². The first-order valence-electron chi connectivity index (χ1n) is 11.1. The van der Waals surface area contributed by atoms with Crippen LogP contribution < -0.4 is 15.5 Å². The number of anilines is 1. The van der Waals surface area contributed by atoms with Gasteiger partial charge in [0, 0.05) is 23.6 Å². The Morgan fingerprint density at radius 1 is 1.03 bits per heavy atom. The second-order valence-corrected chi connectivity index (χ2v) is 8.87. The highest BCUT2D eigenvalue weighted by Crippen LogP contribution is 2.29. The second kappa shape index (κ2) is 10.8. The molecule has 0 aliphatic carbocycles. The van der Waals surface area contributed by atoms with Gasteiger partial charge in [0.2, 0.25) is 11.8 Å². The number of hydrogen-bond acceptors (Lipinski definition) is 5. The summed E-state index contributed by atoms with van der Waals surface area (Å²) in [6, 6.07) is 13.0. The summed E-state index contributed by atoms with van der Waals surface area (Å²) in [7, 11) is 0. The number of aryl methyl sites for hydroxylation is 1. The highest BCUT2D eigenvalue weighted by atomic mass is 16.3. The lowest BCUT2D eigenvalue weighted by atomic mass is 10.0. The molecular weight excluding hydrogens is 432 g/mol. The summed E-state index contributed by atoms with van der Waals surface area (Å²) in [5, 5.41) is 5.56. The number of carbonyl (C=O) groups excluding carboxylic acids is 3. The quantitative estimate of drug-likeness (QED) is 0.532. The molecule has 2 heterocycles. The van der Waals surface area contributed by atoms with Crippen LogP contribution in [0.1, 0.15) is 55.4 Å². The molecule has 0 unspecified atom stereocenters. The first-order valence-corrected chi connectivity index (χ1v) is 11.1. The third-order valence-electron chi connectivity index (χ3n) is 5.06. The van der Waals surface area contributed by atoms with E-state index in [9.17, 15) is 14.4 Å². The van der Waals surface area contributed by atoms with Crippen LogP contribution in [0.2, 0.25) is 0 Å². The van der Waals surface area contributed by atoms with E-state index >= 15 is 0 Å². The van der Waals surface area contributed by atoms with Crippen molar-refractivity contribution in [1.82, 2.24) is 15.6 Å². The van der Waals surface area contributed by atoms with Gasteiger partial charge in [0.05, 0.1) is 12.8 Å². The van der Waals surface area contributed by atoms with Crippen molar-refractivity contribution in [1.29, 1.82) is 0 Å². The Morgan fingerprint density at radius 2 is 1.71 bits per heavy atom. The highest BCUT2D eigenvalue weighted by molar-refractivity contribution is 6.04. The fourth-order valence-corrected chi connectivity index (χ4v) is 3.47. The first-order chi connectivity index (χ1) is 16.2. The number of furan rings is 1. The zero-order valence-corrected chi connectivity index (χ0v) is 19.9. The third kappa shape index (κ3) is 6.31. The lowest BCUT2D eigenvalue weighted by Gasteiger charge is -2.34. The molecule has 0 aliphatic rings. The third-order valence-corrected chi connectivity index (χ3v) is 5.06. The first kappa shape index (κ1) is 24.7. The van der Waals surface area contributed by atoms with Gasteiger partial charge < -0.3 is 15.1 Å². The summed E-state index contributed by atoms with van der Waals surface area (Å²) in [5.41, 5.74) is 1.72. The van der Waals surface area contributed by atoms with Crippen molar-refractivity contribution in [3.8, 4) is 0 Å². The number of pyridine rings is 1. The maximum Gasteiger partial charge on any atom is 0.287 e. The largest absolute Gasteiger partial charge is 0.459 e. The topological polar surface area (TPSA) is 105 Å². The van der Waals surface area contributed by atoms with Crippen LogP contribution in [0, 0.1) is 0 Å². The number of benzene rings is 1. The van der Waals surface area contributed by atoms with E-state index in [-0.39, 0.29) is 18.2 Å². The molecule has 8 nitrogen and oxygen atoms in total. The van der Waals surface area contributed by atoms with E-state index in [1.807, 2.05) is 52.0 Å². The van der Waals surface area contributed by atoms with Crippen molar-refractivity contribution < 1.29 is 18.8 Å². The Balaban J connectivity index is 2.00. The predicted octanol–water partition coefficient (Wildman–Crippen LogP) is 3.66. The molecule has 1 aromatic carbocycles. The molecule has 0 spiro atoms. The molecule has 3 aromatic rings. The van der Waals surface area contributed by atoms with E-state index in [1.54, 1.807) is 30.6 Å². The molecule has 8 heteroatoms. The van der Waals surface area contributed by atoms with Gasteiger partial charge in [0.1, 0.15) is 6.04 Å². The van der Waals surface area contributed by atoms with Crippen molar-refractivity contribution in [2.45, 2.75) is 45.7 Å². The Bertz CT molecular complexity index is 1100. The van der Waals surface area contributed by atoms with Gasteiger partial charge in [0.15, 0.2) is 5.76 Å². The normalized spacial score (nSPS) is 12.0. The maximum absolute atomic E-state index is 13.5. The predicted molar refractivity (Wildman–Crippen MR) is 129 cm³/mol. The van der Waals surface area contributed by atoms with Crippen molar-refractivity contribution in [2.75, 3.05) is 11.4 Å². The molecule has 34 heavy (non-hydrogen) atoms. The molecule has 3 amide bonds. The zero-order chi connectivity index (χ0) is 24.7. The van der Waals surface area contributed by atoms with Crippen LogP contribution in [0.4, 0.5) is 5.69 Å². The van der Waals surface area contributed by atoms with Gasteiger partial charge in [-0.1, -0.05) is 19.1 Å². The number of nitrogens with one attached hydrogen (secondary N) is 2. The van der Waals surface area contributed by atoms with Gasteiger partial charge in [-0.05, 0) is 74.7 Å². The van der Waals surface area contributed by atoms with Crippen LogP contribution in [0.3, 0.4) is 0 Å². The summed E-state index contributed by atoms with van der Waals surface area (Å²) >= 11 is 0. The lowest BCUT2D eigenvalue weighted by molar-refractivity contribution is -0.127. The van der Waals surface area contributed by atoms with E-state index in [4.69, 9.17) is 4.42 Å². The maximum atomic E-state index is 13.5. The smallest absolute Gasteiger partial charge is 0.287 e. The van der Waals surface area contributed by atoms with E-state index in [2.05, 4.69) is 15.6 Å². The Hall–Kier alpha value is -3.94. The highest BCUT2D eigenvalue weighted by Gasteiger charge is 2.34. The van der Waals surface area contributed by atoms with E-state index in [0.29, 0.717) is 11.3 Å². The van der Waals surface area contributed by atoms with Crippen molar-refractivity contribution in [3.63, 3.8) is 0 Å². The Kier molecular flexibility index (Phi) is 7.83. The van der Waals surface area contributed by atoms with Gasteiger partial charge in [-0.15, -0.1) is 0 Å². The summed E-state index contributed by atoms with van der Waals surface area (Å²) in [5.74, 6) is -1.21. The molecule has 0 saturated heterocycles. The van der Waals surface area contributed by atoms with E-state index in [0.717, 1.165) is 12.0 Å². The minimum atomic E-state index is -0.970. The summed E-state index contributed by atoms with van der Waals surface area (Å²) in [6.07, 6.45) is 5.38. The standard InChI is InChI=1S/C26H30N4O4/c1-5-18-8-10-20(11-9-18)30(22(31)17-28-24(32)21-7-6-16-34-21)23(19-12-14-27-15-13-19)25(33)29-26(2,3)4/h6-16,23H,5,17H2,1-4H3,(H,28,32)(H,29,33)/t23-/m1/s1. The molecule has 0 aliphatic heterocycles. The zero-order valence-electron chi connectivity index (χ0n) is 19.9. The summed E-state index contributed by atoms with van der Waals surface area (Å²) in [6.45, 7) is 7.35. The Morgan fingerprint density at radius 3 is 2.26 bits per heavy atom. The molecular formula is C26H30N4O4. The number of aromatic nitrogens is 1. The van der Waals surface area contributed by atoms with Crippen LogP contribution in [-0.2, 0) is 16.0 Å². The molecule has 0 fully saturated rings. The minimum Gasteiger partial charge on any atom is -0.459 e. The molecule has 2 N–H and O–H groups in total. The van der Waals surface area contributed by atoms with E-state index in [1.165, 1.54) is 17.2 Å². The number of carbonyl (C=O) groups is 3. The van der Waals surface area contributed by atoms with Gasteiger partial charge in [-0.2, -0.15) is 0 Å². The average Bonchev–Trinajstić information content (AvgIpc) is 3.35. The van der Waals surface area contributed by atoms with Crippen molar-refractivity contribution >= 4 is 23.4 Å². The molecule has 3 rings (SSSR count). The number of hydrogen-bond donors (Lipinski definition) is 2. The average molecular weight is 463 g/mol. The van der Waals surface area contributed by atoms with Crippen LogP contribution in [0.5, 0.6) is 0 Å². The van der Waals surface area contributed by atoms with Crippen molar-refractivity contribution in [2.24, 2.45) is 0 Å². The van der Waals surface area contributed by atoms with Crippen LogP contribution in [-0.4, -0.2) is 34.8 Å². The molecule has 0 bridgehead atoms. The van der Waals surface area contributed by atoms with Gasteiger partial charge in [-0.3, -0.25) is 24.3 Å². The van der Waals surface area contributed by atoms with E-state index < -0.39 is 23.4 Å². The number of rotatable bonds is 8. The fourth-order valence-electron chi connectivity index (χ4n) is 3.47. The monoisotopic (exact) mass is 462 g/mol. The number of amides is 3. The van der Waals surface area contributed by atoms with Gasteiger partial charge in [0.25, 0.3) is 5.91 Å². The second-order valence-electron chi connectivity index (χ2n) is 8.87. The number of nitrogens with zero attached hydrogens (tertiary/aromatic N) is 2. The fraction of sp³-hybridized carbons (Fsp3) is 0.308. The Labute approximate surface area is 199 Å². The lowest BCUT2D eigenvalue weighted by Crippen LogP contribution is -2.51. The van der Waals surface area contributed by atoms with Crippen molar-refractivity contribution in [3.05, 3.63) is 84.1 Å².